The lowest BCUT2D eigenvalue weighted by atomic mass is 10.1. The number of aryl methyl sites for hydroxylation is 2. The number of carbonyl (C=O) groups excluding carboxylic acids is 1. The first-order chi connectivity index (χ1) is 12.7. The molecule has 0 spiro atoms. The zero-order chi connectivity index (χ0) is 18.4. The van der Waals surface area contributed by atoms with Crippen LogP contribution in [-0.2, 0) is 12.8 Å². The maximum Gasteiger partial charge on any atom is 0.257 e. The van der Waals surface area contributed by atoms with Crippen LogP contribution in [0.3, 0.4) is 0 Å². The van der Waals surface area contributed by atoms with Gasteiger partial charge in [0.05, 0.1) is 17.4 Å². The second-order valence-electron chi connectivity index (χ2n) is 6.10. The van der Waals surface area contributed by atoms with Gasteiger partial charge in [0, 0.05) is 17.6 Å². The third-order valence-corrected chi connectivity index (χ3v) is 4.30. The average Bonchev–Trinajstić information content (AvgIpc) is 2.69. The third-order valence-electron chi connectivity index (χ3n) is 4.30. The summed E-state index contributed by atoms with van der Waals surface area (Å²) < 4.78 is 0. The van der Waals surface area contributed by atoms with Gasteiger partial charge in [-0.15, -0.1) is 0 Å². The molecule has 1 heterocycles. The van der Waals surface area contributed by atoms with Gasteiger partial charge in [-0.25, -0.2) is 0 Å². The zero-order valence-corrected chi connectivity index (χ0v) is 15.1. The van der Waals surface area contributed by atoms with E-state index in [0.29, 0.717) is 5.56 Å². The molecule has 3 rings (SSSR count). The lowest BCUT2D eigenvalue weighted by Crippen LogP contribution is -2.13. The first-order valence-electron chi connectivity index (χ1n) is 8.90. The van der Waals surface area contributed by atoms with Gasteiger partial charge in [0.15, 0.2) is 0 Å². The van der Waals surface area contributed by atoms with E-state index in [1.165, 1.54) is 5.56 Å². The molecule has 26 heavy (non-hydrogen) atoms. The summed E-state index contributed by atoms with van der Waals surface area (Å²) in [6.07, 6.45) is 5.17. The Labute approximate surface area is 154 Å². The molecule has 0 aliphatic rings. The monoisotopic (exact) mass is 345 g/mol. The van der Waals surface area contributed by atoms with Crippen molar-refractivity contribution in [2.24, 2.45) is 0 Å². The fourth-order valence-electron chi connectivity index (χ4n) is 2.77. The van der Waals surface area contributed by atoms with E-state index in [4.69, 9.17) is 0 Å². The quantitative estimate of drug-likeness (QED) is 0.645. The van der Waals surface area contributed by atoms with Crippen LogP contribution >= 0.6 is 0 Å². The second-order valence-corrected chi connectivity index (χ2v) is 6.10. The van der Waals surface area contributed by atoms with Gasteiger partial charge in [-0.1, -0.05) is 44.2 Å². The molecular formula is C22H23N3O. The van der Waals surface area contributed by atoms with Gasteiger partial charge in [-0.05, 0) is 48.2 Å². The molecule has 0 unspecified atom stereocenters. The fraction of sp³-hybridized carbons (Fsp3) is 0.182. The van der Waals surface area contributed by atoms with Crippen LogP contribution < -0.4 is 10.6 Å². The van der Waals surface area contributed by atoms with Crippen molar-refractivity contribution in [2.75, 3.05) is 10.6 Å². The molecule has 132 valence electrons. The number of carbonyl (C=O) groups is 1. The molecule has 0 radical (unpaired) electrons. The normalized spacial score (nSPS) is 10.4. The second kappa shape index (κ2) is 8.30. The summed E-state index contributed by atoms with van der Waals surface area (Å²) in [7, 11) is 0. The largest absolute Gasteiger partial charge is 0.354 e. The van der Waals surface area contributed by atoms with Gasteiger partial charge in [-0.2, -0.15) is 0 Å². The molecule has 0 bridgehead atoms. The number of aromatic nitrogens is 1. The highest BCUT2D eigenvalue weighted by molar-refractivity contribution is 6.05. The molecule has 1 aromatic heterocycles. The summed E-state index contributed by atoms with van der Waals surface area (Å²) in [6, 6.07) is 17.9. The van der Waals surface area contributed by atoms with Crippen molar-refractivity contribution < 1.29 is 4.79 Å². The number of amides is 1. The molecule has 0 aliphatic heterocycles. The van der Waals surface area contributed by atoms with E-state index >= 15 is 0 Å². The molecule has 0 saturated heterocycles. The molecule has 2 N–H and O–H groups in total. The Kier molecular flexibility index (Phi) is 5.64. The zero-order valence-electron chi connectivity index (χ0n) is 15.1. The lowest BCUT2D eigenvalue weighted by Gasteiger charge is -2.11. The average molecular weight is 345 g/mol. The van der Waals surface area contributed by atoms with Crippen LogP contribution in [0.5, 0.6) is 0 Å². The maximum absolute atomic E-state index is 12.6. The minimum atomic E-state index is -0.164. The first kappa shape index (κ1) is 17.7. The molecular weight excluding hydrogens is 322 g/mol. The van der Waals surface area contributed by atoms with Crippen LogP contribution in [0.4, 0.5) is 17.1 Å². The number of benzene rings is 2. The van der Waals surface area contributed by atoms with Crippen LogP contribution in [0.25, 0.3) is 0 Å². The van der Waals surface area contributed by atoms with E-state index in [-0.39, 0.29) is 5.91 Å². The fourth-order valence-corrected chi connectivity index (χ4v) is 2.77. The van der Waals surface area contributed by atoms with E-state index in [2.05, 4.69) is 41.6 Å². The molecule has 2 aromatic carbocycles. The number of nitrogens with zero attached hydrogens (tertiary/aromatic N) is 1. The van der Waals surface area contributed by atoms with Crippen LogP contribution in [0.15, 0.2) is 67.0 Å². The van der Waals surface area contributed by atoms with Crippen molar-refractivity contribution in [3.8, 4) is 0 Å². The van der Waals surface area contributed by atoms with Crippen molar-refractivity contribution in [1.82, 2.24) is 4.98 Å². The Morgan fingerprint density at radius 3 is 2.42 bits per heavy atom. The molecule has 4 nitrogen and oxygen atoms in total. The Bertz CT molecular complexity index is 888. The molecule has 4 heteroatoms. The van der Waals surface area contributed by atoms with Crippen molar-refractivity contribution in [1.29, 1.82) is 0 Å². The number of pyridine rings is 1. The predicted molar refractivity (Wildman–Crippen MR) is 107 cm³/mol. The molecule has 0 saturated carbocycles. The van der Waals surface area contributed by atoms with Crippen molar-refractivity contribution >= 4 is 23.0 Å². The van der Waals surface area contributed by atoms with Gasteiger partial charge in [-0.3, -0.25) is 9.78 Å². The summed E-state index contributed by atoms with van der Waals surface area (Å²) in [5.41, 5.74) is 5.51. The lowest BCUT2D eigenvalue weighted by molar-refractivity contribution is 0.102. The molecule has 0 atom stereocenters. The summed E-state index contributed by atoms with van der Waals surface area (Å²) in [6.45, 7) is 4.20. The van der Waals surface area contributed by atoms with E-state index in [1.54, 1.807) is 12.4 Å². The number of nitrogens with one attached hydrogen (secondary N) is 2. The minimum absolute atomic E-state index is 0.164. The van der Waals surface area contributed by atoms with E-state index in [1.807, 2.05) is 42.5 Å². The standard InChI is InChI=1S/C22H23N3O/c1-3-16-9-11-19(12-10-16)24-20-13-18(14-23-15-20)22(26)25-21-8-6-5-7-17(21)4-2/h5-15,24H,3-4H2,1-2H3,(H,25,26). The highest BCUT2D eigenvalue weighted by Crippen LogP contribution is 2.20. The van der Waals surface area contributed by atoms with Crippen LogP contribution in [-0.4, -0.2) is 10.9 Å². The molecule has 3 aromatic rings. The van der Waals surface area contributed by atoms with Gasteiger partial charge in [0.2, 0.25) is 0 Å². The summed E-state index contributed by atoms with van der Waals surface area (Å²) >= 11 is 0. The van der Waals surface area contributed by atoms with Crippen molar-refractivity contribution in [3.63, 3.8) is 0 Å². The molecule has 0 fully saturated rings. The van der Waals surface area contributed by atoms with Gasteiger partial charge >= 0.3 is 0 Å². The molecule has 0 aliphatic carbocycles. The highest BCUT2D eigenvalue weighted by Gasteiger charge is 2.09. The smallest absolute Gasteiger partial charge is 0.257 e. The van der Waals surface area contributed by atoms with Crippen LogP contribution in [0.2, 0.25) is 0 Å². The van der Waals surface area contributed by atoms with E-state index in [0.717, 1.165) is 35.5 Å². The SMILES string of the molecule is CCc1ccc(Nc2cncc(C(=O)Nc3ccccc3CC)c2)cc1. The highest BCUT2D eigenvalue weighted by atomic mass is 16.1. The number of hydrogen-bond donors (Lipinski definition) is 2. The van der Waals surface area contributed by atoms with Crippen molar-refractivity contribution in [2.45, 2.75) is 26.7 Å². The van der Waals surface area contributed by atoms with Crippen LogP contribution in [0.1, 0.15) is 35.3 Å². The number of rotatable bonds is 6. The summed E-state index contributed by atoms with van der Waals surface area (Å²) in [5, 5.41) is 6.27. The van der Waals surface area contributed by atoms with E-state index < -0.39 is 0 Å². The van der Waals surface area contributed by atoms with Gasteiger partial charge in [0.1, 0.15) is 0 Å². The topological polar surface area (TPSA) is 54.0 Å². The number of para-hydroxylation sites is 1. The summed E-state index contributed by atoms with van der Waals surface area (Å²) in [4.78, 5) is 16.8. The third kappa shape index (κ3) is 4.28. The summed E-state index contributed by atoms with van der Waals surface area (Å²) in [5.74, 6) is -0.164. The minimum Gasteiger partial charge on any atom is -0.354 e. The number of anilines is 3. The van der Waals surface area contributed by atoms with Gasteiger partial charge in [0.25, 0.3) is 5.91 Å². The first-order valence-corrected chi connectivity index (χ1v) is 8.90. The number of hydrogen-bond acceptors (Lipinski definition) is 3. The van der Waals surface area contributed by atoms with Crippen molar-refractivity contribution in [3.05, 3.63) is 83.7 Å². The van der Waals surface area contributed by atoms with Gasteiger partial charge < -0.3 is 10.6 Å². The Hall–Kier alpha value is -3.14. The Morgan fingerprint density at radius 2 is 1.69 bits per heavy atom. The predicted octanol–water partition coefficient (Wildman–Crippen LogP) is 5.20. The Morgan fingerprint density at radius 1 is 0.923 bits per heavy atom. The van der Waals surface area contributed by atoms with Crippen LogP contribution in [0, 0.1) is 0 Å². The maximum atomic E-state index is 12.6. The molecule has 1 amide bonds. The van der Waals surface area contributed by atoms with E-state index in [9.17, 15) is 4.79 Å². The Balaban J connectivity index is 1.74.